The Kier molecular flexibility index (Phi) is 3.78. The van der Waals surface area contributed by atoms with Gasteiger partial charge in [0, 0.05) is 10.7 Å². The minimum Gasteiger partial charge on any atom is -0.508 e. The van der Waals surface area contributed by atoms with E-state index in [-0.39, 0.29) is 28.3 Å². The lowest BCUT2D eigenvalue weighted by Crippen LogP contribution is -2.14. The molecule has 0 radical (unpaired) electrons. The Labute approximate surface area is 120 Å². The van der Waals surface area contributed by atoms with Crippen LogP contribution in [0.1, 0.15) is 15.9 Å². The first kappa shape index (κ1) is 13.7. The van der Waals surface area contributed by atoms with Crippen molar-refractivity contribution in [3.05, 3.63) is 52.5 Å². The first-order valence-corrected chi connectivity index (χ1v) is 5.98. The van der Waals surface area contributed by atoms with E-state index in [4.69, 9.17) is 22.6 Å². The zero-order chi connectivity index (χ0) is 14.7. The molecule has 4 N–H and O–H groups in total. The monoisotopic (exact) mass is 287 g/mol. The third kappa shape index (κ3) is 2.82. The highest BCUT2D eigenvalue weighted by Gasteiger charge is 2.13. The molecule has 0 atom stereocenters. The van der Waals surface area contributed by atoms with Gasteiger partial charge in [0.1, 0.15) is 11.8 Å². The summed E-state index contributed by atoms with van der Waals surface area (Å²) in [6.45, 7) is 0. The summed E-state index contributed by atoms with van der Waals surface area (Å²) in [5.41, 5.74) is 6.59. The average Bonchev–Trinajstić information content (AvgIpc) is 2.41. The van der Waals surface area contributed by atoms with Crippen molar-refractivity contribution in [3.8, 4) is 11.8 Å². The lowest BCUT2D eigenvalue weighted by molar-refractivity contribution is 0.102. The van der Waals surface area contributed by atoms with E-state index >= 15 is 0 Å². The van der Waals surface area contributed by atoms with Crippen LogP contribution >= 0.6 is 11.6 Å². The van der Waals surface area contributed by atoms with Gasteiger partial charge in [0.05, 0.1) is 16.8 Å². The zero-order valence-electron chi connectivity index (χ0n) is 10.2. The van der Waals surface area contributed by atoms with Crippen LogP contribution in [-0.4, -0.2) is 11.0 Å². The molecule has 0 fully saturated rings. The van der Waals surface area contributed by atoms with Gasteiger partial charge >= 0.3 is 0 Å². The van der Waals surface area contributed by atoms with Gasteiger partial charge in [-0.1, -0.05) is 11.6 Å². The molecule has 0 aliphatic heterocycles. The number of anilines is 2. The van der Waals surface area contributed by atoms with Crippen molar-refractivity contribution in [3.63, 3.8) is 0 Å². The number of benzene rings is 2. The number of hydrogen-bond acceptors (Lipinski definition) is 4. The van der Waals surface area contributed by atoms with Crippen molar-refractivity contribution in [2.24, 2.45) is 0 Å². The van der Waals surface area contributed by atoms with Gasteiger partial charge in [0.25, 0.3) is 5.91 Å². The molecule has 0 bridgehead atoms. The summed E-state index contributed by atoms with van der Waals surface area (Å²) in [5, 5.41) is 21.3. The van der Waals surface area contributed by atoms with Gasteiger partial charge in [-0.2, -0.15) is 5.26 Å². The second-order valence-corrected chi connectivity index (χ2v) is 4.46. The van der Waals surface area contributed by atoms with Crippen molar-refractivity contribution in [1.82, 2.24) is 0 Å². The zero-order valence-corrected chi connectivity index (χ0v) is 11.0. The second-order valence-electron chi connectivity index (χ2n) is 4.03. The van der Waals surface area contributed by atoms with Crippen LogP contribution in [0, 0.1) is 11.3 Å². The fraction of sp³-hybridized carbons (Fsp3) is 0. The Bertz CT molecular complexity index is 723. The van der Waals surface area contributed by atoms with Gasteiger partial charge in [-0.3, -0.25) is 4.79 Å². The van der Waals surface area contributed by atoms with Crippen molar-refractivity contribution in [2.45, 2.75) is 0 Å². The minimum absolute atomic E-state index is 0.0732. The van der Waals surface area contributed by atoms with E-state index in [0.717, 1.165) is 0 Å². The topological polar surface area (TPSA) is 99.1 Å². The largest absolute Gasteiger partial charge is 0.508 e. The molecule has 1 amide bonds. The lowest BCUT2D eigenvalue weighted by atomic mass is 10.1. The Balaban J connectivity index is 2.35. The van der Waals surface area contributed by atoms with Crippen molar-refractivity contribution in [1.29, 1.82) is 5.26 Å². The molecule has 0 aliphatic rings. The number of carbonyl (C=O) groups is 1. The Hall–Kier alpha value is -2.71. The molecule has 0 spiro atoms. The quantitative estimate of drug-likeness (QED) is 0.584. The average molecular weight is 288 g/mol. The number of nitriles is 1. The van der Waals surface area contributed by atoms with Crippen molar-refractivity contribution >= 4 is 28.9 Å². The van der Waals surface area contributed by atoms with E-state index in [1.165, 1.54) is 30.3 Å². The summed E-state index contributed by atoms with van der Waals surface area (Å²) < 4.78 is 0. The number of nitrogens with two attached hydrogens (primary N) is 1. The lowest BCUT2D eigenvalue weighted by Gasteiger charge is -2.09. The predicted octanol–water partition coefficient (Wildman–Crippen LogP) is 2.75. The number of nitrogen functional groups attached to an aromatic ring is 1. The molecule has 2 rings (SSSR count). The van der Waals surface area contributed by atoms with Crippen molar-refractivity contribution in [2.75, 3.05) is 11.1 Å². The van der Waals surface area contributed by atoms with Gasteiger partial charge in [-0.05, 0) is 36.4 Å². The molecule has 2 aromatic carbocycles. The third-order valence-corrected chi connectivity index (χ3v) is 2.87. The molecule has 6 heteroatoms. The maximum atomic E-state index is 12.1. The molecule has 20 heavy (non-hydrogen) atoms. The molecule has 0 aliphatic carbocycles. The summed E-state index contributed by atoms with van der Waals surface area (Å²) in [6, 6.07) is 10.5. The highest BCUT2D eigenvalue weighted by molar-refractivity contribution is 6.31. The Morgan fingerprint density at radius 2 is 2.05 bits per heavy atom. The molecule has 0 unspecified atom stereocenters. The van der Waals surface area contributed by atoms with Gasteiger partial charge in [-0.25, -0.2) is 0 Å². The number of amides is 1. The molecule has 100 valence electrons. The fourth-order valence-electron chi connectivity index (χ4n) is 1.65. The minimum atomic E-state index is -0.530. The molecular formula is C14H10ClN3O2. The Morgan fingerprint density at radius 3 is 2.75 bits per heavy atom. The molecule has 2 aromatic rings. The van der Waals surface area contributed by atoms with E-state index in [0.29, 0.717) is 5.02 Å². The molecule has 0 aromatic heterocycles. The maximum Gasteiger partial charge on any atom is 0.257 e. The summed E-state index contributed by atoms with van der Waals surface area (Å²) in [6.07, 6.45) is 0. The fourth-order valence-corrected chi connectivity index (χ4v) is 1.82. The summed E-state index contributed by atoms with van der Waals surface area (Å²) in [5.74, 6) is -0.604. The molecule has 0 saturated carbocycles. The van der Waals surface area contributed by atoms with Crippen LogP contribution in [-0.2, 0) is 0 Å². The van der Waals surface area contributed by atoms with E-state index in [1.54, 1.807) is 6.07 Å². The first-order valence-electron chi connectivity index (χ1n) is 5.61. The molecular weight excluding hydrogens is 278 g/mol. The van der Waals surface area contributed by atoms with E-state index in [9.17, 15) is 9.90 Å². The van der Waals surface area contributed by atoms with Crippen LogP contribution in [0.25, 0.3) is 0 Å². The summed E-state index contributed by atoms with van der Waals surface area (Å²) in [7, 11) is 0. The summed E-state index contributed by atoms with van der Waals surface area (Å²) >= 11 is 5.83. The molecule has 0 heterocycles. The van der Waals surface area contributed by atoms with Gasteiger partial charge in [0.2, 0.25) is 0 Å². The molecule has 5 nitrogen and oxygen atoms in total. The van der Waals surface area contributed by atoms with Gasteiger partial charge in [0.15, 0.2) is 0 Å². The van der Waals surface area contributed by atoms with E-state index in [2.05, 4.69) is 5.32 Å². The predicted molar refractivity (Wildman–Crippen MR) is 76.6 cm³/mol. The number of aromatic hydroxyl groups is 1. The standard InChI is InChI=1S/C14H10ClN3O2/c15-9-2-1-8(7-16)13(5-9)18-14(20)11-6-10(19)3-4-12(11)17/h1-6,19H,17H2,(H,18,20). The number of nitrogens with one attached hydrogen (secondary N) is 1. The third-order valence-electron chi connectivity index (χ3n) is 2.63. The van der Waals surface area contributed by atoms with E-state index in [1.807, 2.05) is 6.07 Å². The Morgan fingerprint density at radius 1 is 1.30 bits per heavy atom. The van der Waals surface area contributed by atoms with Crippen LogP contribution in [0.5, 0.6) is 5.75 Å². The van der Waals surface area contributed by atoms with Crippen LogP contribution < -0.4 is 11.1 Å². The van der Waals surface area contributed by atoms with Crippen LogP contribution in [0.4, 0.5) is 11.4 Å². The first-order chi connectivity index (χ1) is 9.51. The normalized spacial score (nSPS) is 9.80. The van der Waals surface area contributed by atoms with Crippen molar-refractivity contribution < 1.29 is 9.90 Å². The van der Waals surface area contributed by atoms with Crippen LogP contribution in [0.2, 0.25) is 5.02 Å². The highest BCUT2D eigenvalue weighted by Crippen LogP contribution is 2.23. The number of phenols is 1. The van der Waals surface area contributed by atoms with E-state index < -0.39 is 5.91 Å². The smallest absolute Gasteiger partial charge is 0.257 e. The second kappa shape index (κ2) is 5.51. The molecule has 0 saturated heterocycles. The maximum absolute atomic E-state index is 12.1. The SMILES string of the molecule is N#Cc1ccc(Cl)cc1NC(=O)c1cc(O)ccc1N. The number of rotatable bonds is 2. The highest BCUT2D eigenvalue weighted by atomic mass is 35.5. The number of carbonyl (C=O) groups excluding carboxylic acids is 1. The summed E-state index contributed by atoms with van der Waals surface area (Å²) in [4.78, 5) is 12.1. The number of phenolic OH excluding ortho intramolecular Hbond substituents is 1. The number of halogens is 1. The number of nitrogens with zero attached hydrogens (tertiary/aromatic N) is 1. The van der Waals surface area contributed by atoms with Crippen LogP contribution in [0.3, 0.4) is 0 Å². The van der Waals surface area contributed by atoms with Crippen LogP contribution in [0.15, 0.2) is 36.4 Å². The van der Waals surface area contributed by atoms with Gasteiger partial charge in [-0.15, -0.1) is 0 Å². The van der Waals surface area contributed by atoms with Gasteiger partial charge < -0.3 is 16.2 Å². The number of hydrogen-bond donors (Lipinski definition) is 3.